The first-order valence-corrected chi connectivity index (χ1v) is 12.5. The molecule has 8 nitrogen and oxygen atoms in total. The van der Waals surface area contributed by atoms with Gasteiger partial charge in [0.15, 0.2) is 5.82 Å². The molecule has 3 rings (SSSR count). The van der Waals surface area contributed by atoms with E-state index < -0.39 is 23.0 Å². The second-order valence-electron chi connectivity index (χ2n) is 8.09. The standard InChI is InChI=1S/C23H27FN5O3P3/c1-4-28-21(12-30)27-29(22(28)31)18-10-19(32-13(2)23(3,34)35)15(8-16(18)24)20(33)9-17-14(11-25)6-5-7-26-17/h5-10,13,30H,4,12,33-35H2,1-3H3/b20-9-/t13-/m0/s1. The Morgan fingerprint density at radius 1 is 1.43 bits per heavy atom. The summed E-state index contributed by atoms with van der Waals surface area (Å²) in [5.41, 5.74) is 0.526. The summed E-state index contributed by atoms with van der Waals surface area (Å²) in [7, 11) is 7.89. The van der Waals surface area contributed by atoms with Crippen LogP contribution in [-0.2, 0) is 13.2 Å². The van der Waals surface area contributed by atoms with Crippen molar-refractivity contribution < 1.29 is 14.2 Å². The molecule has 184 valence electrons. The number of nitriles is 1. The summed E-state index contributed by atoms with van der Waals surface area (Å²) in [6.07, 6.45) is 2.88. The Morgan fingerprint density at radius 2 is 2.14 bits per heavy atom. The van der Waals surface area contributed by atoms with Crippen LogP contribution in [0.25, 0.3) is 17.1 Å². The van der Waals surface area contributed by atoms with Crippen molar-refractivity contribution in [2.24, 2.45) is 0 Å². The molecule has 2 aromatic heterocycles. The first kappa shape index (κ1) is 27.1. The summed E-state index contributed by atoms with van der Waals surface area (Å²) in [5.74, 6) is -0.268. The van der Waals surface area contributed by atoms with Crippen LogP contribution in [0.4, 0.5) is 4.39 Å². The molecular weight excluding hydrogens is 506 g/mol. The van der Waals surface area contributed by atoms with Gasteiger partial charge in [-0.2, -0.15) is 9.94 Å². The quantitative estimate of drug-likeness (QED) is 0.444. The van der Waals surface area contributed by atoms with Crippen LogP contribution in [-0.4, -0.2) is 35.4 Å². The van der Waals surface area contributed by atoms with Gasteiger partial charge in [-0.15, -0.1) is 32.8 Å². The molecule has 1 aromatic carbocycles. The van der Waals surface area contributed by atoms with Crippen LogP contribution in [0.2, 0.25) is 0 Å². The Kier molecular flexibility index (Phi) is 8.57. The van der Waals surface area contributed by atoms with Crippen molar-refractivity contribution in [2.75, 3.05) is 0 Å². The van der Waals surface area contributed by atoms with Crippen molar-refractivity contribution in [1.29, 1.82) is 5.26 Å². The van der Waals surface area contributed by atoms with E-state index in [1.807, 2.05) is 13.8 Å². The number of hydrogen-bond donors (Lipinski definition) is 1. The number of aliphatic hydroxyl groups excluding tert-OH is 1. The third kappa shape index (κ3) is 5.85. The van der Waals surface area contributed by atoms with E-state index in [2.05, 4.69) is 43.9 Å². The van der Waals surface area contributed by atoms with Gasteiger partial charge in [0.2, 0.25) is 0 Å². The lowest BCUT2D eigenvalue weighted by Gasteiger charge is -2.28. The zero-order valence-corrected chi connectivity index (χ0v) is 23.0. The summed E-state index contributed by atoms with van der Waals surface area (Å²) in [4.78, 5) is 16.7. The van der Waals surface area contributed by atoms with Crippen molar-refractivity contribution in [3.63, 3.8) is 0 Å². The van der Waals surface area contributed by atoms with E-state index in [0.29, 0.717) is 27.9 Å². The average molecular weight is 533 g/mol. The Balaban J connectivity index is 2.23. The van der Waals surface area contributed by atoms with Crippen LogP contribution >= 0.6 is 27.7 Å². The largest absolute Gasteiger partial charge is 0.489 e. The highest BCUT2D eigenvalue weighted by molar-refractivity contribution is 7.39. The second kappa shape index (κ2) is 11.1. The lowest BCUT2D eigenvalue weighted by Crippen LogP contribution is -2.30. The monoisotopic (exact) mass is 533 g/mol. The normalized spacial score (nSPS) is 12.9. The fourth-order valence-corrected chi connectivity index (χ4v) is 3.75. The molecule has 3 aromatic rings. The molecule has 0 bridgehead atoms. The smallest absolute Gasteiger partial charge is 0.350 e. The lowest BCUT2D eigenvalue weighted by molar-refractivity contribution is 0.211. The summed E-state index contributed by atoms with van der Waals surface area (Å²) in [6, 6.07) is 8.06. The van der Waals surface area contributed by atoms with Gasteiger partial charge in [-0.1, -0.05) is 0 Å². The fraction of sp³-hybridized carbons (Fsp3) is 0.304. The minimum Gasteiger partial charge on any atom is -0.489 e. The average Bonchev–Trinajstić information content (AvgIpc) is 3.14. The first-order valence-electron chi connectivity index (χ1n) is 10.7. The Bertz CT molecular complexity index is 1370. The first-order chi connectivity index (χ1) is 16.5. The maximum absolute atomic E-state index is 15.4. The molecule has 0 aliphatic heterocycles. The SMILES string of the molecule is CCn1c(CO)nn(-c2cc(O[C@@H](C)C(C)(P)P)c(/C(P)=C/c3ncccc3C#N)cc2F)c1=O. The zero-order valence-electron chi connectivity index (χ0n) is 19.6. The number of hydrogen-bond acceptors (Lipinski definition) is 6. The fourth-order valence-electron chi connectivity index (χ4n) is 3.23. The summed E-state index contributed by atoms with van der Waals surface area (Å²) in [5, 5.41) is 23.6. The van der Waals surface area contributed by atoms with E-state index in [1.165, 1.54) is 16.7 Å². The van der Waals surface area contributed by atoms with Crippen LogP contribution < -0.4 is 10.4 Å². The van der Waals surface area contributed by atoms with Crippen LogP contribution in [0.3, 0.4) is 0 Å². The van der Waals surface area contributed by atoms with E-state index >= 15 is 4.39 Å². The van der Waals surface area contributed by atoms with Crippen LogP contribution in [0, 0.1) is 17.1 Å². The number of aromatic nitrogens is 4. The minimum atomic E-state index is -0.707. The van der Waals surface area contributed by atoms with Gasteiger partial charge in [-0.3, -0.25) is 9.55 Å². The van der Waals surface area contributed by atoms with E-state index in [4.69, 9.17) is 4.74 Å². The lowest BCUT2D eigenvalue weighted by atomic mass is 10.1. The van der Waals surface area contributed by atoms with Gasteiger partial charge in [0, 0.05) is 29.3 Å². The van der Waals surface area contributed by atoms with Crippen LogP contribution in [0.1, 0.15) is 43.4 Å². The Hall–Kier alpha value is -2.48. The van der Waals surface area contributed by atoms with Crippen LogP contribution in [0.15, 0.2) is 35.3 Å². The molecular formula is C23H27FN5O3P3. The van der Waals surface area contributed by atoms with Gasteiger partial charge in [-0.25, -0.2) is 9.18 Å². The van der Waals surface area contributed by atoms with E-state index in [0.717, 1.165) is 4.68 Å². The second-order valence-corrected chi connectivity index (χ2v) is 11.9. The molecule has 0 amide bonds. The number of aliphatic hydroxyl groups is 1. The van der Waals surface area contributed by atoms with Crippen molar-refractivity contribution in [1.82, 2.24) is 19.3 Å². The maximum Gasteiger partial charge on any atom is 0.350 e. The van der Waals surface area contributed by atoms with E-state index in [9.17, 15) is 15.2 Å². The summed E-state index contributed by atoms with van der Waals surface area (Å²) < 4.78 is 23.8. The molecule has 12 heteroatoms. The molecule has 2 heterocycles. The number of halogens is 1. The minimum absolute atomic E-state index is 0.106. The molecule has 0 radical (unpaired) electrons. The molecule has 0 saturated heterocycles. The highest BCUT2D eigenvalue weighted by Gasteiger charge is 2.25. The van der Waals surface area contributed by atoms with Crippen molar-refractivity contribution in [3.05, 3.63) is 69.4 Å². The van der Waals surface area contributed by atoms with Gasteiger partial charge in [0.1, 0.15) is 36.0 Å². The molecule has 0 fully saturated rings. The Labute approximate surface area is 209 Å². The number of benzene rings is 1. The van der Waals surface area contributed by atoms with Gasteiger partial charge < -0.3 is 9.84 Å². The zero-order chi connectivity index (χ0) is 25.9. The van der Waals surface area contributed by atoms with E-state index in [-0.39, 0.29) is 24.2 Å². The van der Waals surface area contributed by atoms with Gasteiger partial charge in [-0.05, 0) is 50.4 Å². The van der Waals surface area contributed by atoms with Gasteiger partial charge in [0.25, 0.3) is 0 Å². The topological polar surface area (TPSA) is 106 Å². The maximum atomic E-state index is 15.4. The molecule has 0 aliphatic rings. The van der Waals surface area contributed by atoms with Crippen molar-refractivity contribution in [3.8, 4) is 17.5 Å². The third-order valence-corrected chi connectivity index (χ3v) is 6.83. The molecule has 4 atom stereocenters. The van der Waals surface area contributed by atoms with Crippen LogP contribution in [0.5, 0.6) is 5.75 Å². The van der Waals surface area contributed by atoms with Gasteiger partial charge >= 0.3 is 5.69 Å². The third-order valence-electron chi connectivity index (χ3n) is 5.42. The van der Waals surface area contributed by atoms with Crippen molar-refractivity contribution >= 4 is 39.1 Å². The molecule has 0 aliphatic carbocycles. The molecule has 35 heavy (non-hydrogen) atoms. The number of ether oxygens (including phenoxy) is 1. The van der Waals surface area contributed by atoms with E-state index in [1.54, 1.807) is 31.3 Å². The van der Waals surface area contributed by atoms with Gasteiger partial charge in [0.05, 0.1) is 11.3 Å². The molecule has 1 N–H and O–H groups in total. The number of pyridine rings is 1. The predicted octanol–water partition coefficient (Wildman–Crippen LogP) is 3.56. The highest BCUT2D eigenvalue weighted by atomic mass is 31.1. The Morgan fingerprint density at radius 3 is 2.71 bits per heavy atom. The molecule has 3 unspecified atom stereocenters. The number of rotatable bonds is 8. The highest BCUT2D eigenvalue weighted by Crippen LogP contribution is 2.39. The number of nitrogens with zero attached hydrogens (tertiary/aromatic N) is 5. The molecule has 0 spiro atoms. The van der Waals surface area contributed by atoms with Crippen molar-refractivity contribution in [2.45, 2.75) is 44.9 Å². The summed E-state index contributed by atoms with van der Waals surface area (Å²) >= 11 is 0. The predicted molar refractivity (Wildman–Crippen MR) is 144 cm³/mol. The molecule has 0 saturated carbocycles. The summed E-state index contributed by atoms with van der Waals surface area (Å²) in [6.45, 7) is 5.37.